The lowest BCUT2D eigenvalue weighted by atomic mass is 9.85. The monoisotopic (exact) mass is 604 g/mol. The van der Waals surface area contributed by atoms with Crippen LogP contribution in [0.2, 0.25) is 0 Å². The van der Waals surface area contributed by atoms with E-state index in [1.54, 1.807) is 39.8 Å². The highest BCUT2D eigenvalue weighted by molar-refractivity contribution is 5.90. The summed E-state index contributed by atoms with van der Waals surface area (Å²) < 4.78 is 48.5. The van der Waals surface area contributed by atoms with Gasteiger partial charge in [-0.25, -0.2) is 19.6 Å². The van der Waals surface area contributed by atoms with E-state index in [-0.39, 0.29) is 36.0 Å². The number of carboxylic acids is 1. The first-order valence-electron chi connectivity index (χ1n) is 14.6. The van der Waals surface area contributed by atoms with Gasteiger partial charge in [0.2, 0.25) is 11.8 Å². The number of halogens is 2. The quantitative estimate of drug-likeness (QED) is 0.507. The normalized spacial score (nSPS) is 29.7. The molecule has 1 unspecified atom stereocenters. The van der Waals surface area contributed by atoms with Gasteiger partial charge in [-0.2, -0.15) is 8.78 Å². The maximum Gasteiger partial charge on any atom is 0.408 e. The summed E-state index contributed by atoms with van der Waals surface area (Å²) in [6.07, 6.45) is -0.733. The molecule has 2 aliphatic heterocycles. The molecule has 2 aromatic rings. The zero-order valence-corrected chi connectivity index (χ0v) is 24.9. The maximum absolute atomic E-state index is 15.8. The van der Waals surface area contributed by atoms with E-state index in [0.717, 1.165) is 4.90 Å². The van der Waals surface area contributed by atoms with Gasteiger partial charge in [-0.3, -0.25) is 4.79 Å². The Labute approximate surface area is 248 Å². The molecule has 3 aliphatic rings. The van der Waals surface area contributed by atoms with Crippen molar-refractivity contribution in [2.45, 2.75) is 90.0 Å². The summed E-state index contributed by atoms with van der Waals surface area (Å²) in [5.41, 5.74) is -0.947. The van der Waals surface area contributed by atoms with Gasteiger partial charge in [0.05, 0.1) is 24.7 Å². The van der Waals surface area contributed by atoms with Gasteiger partial charge in [0, 0.05) is 18.4 Å². The molecule has 234 valence electrons. The van der Waals surface area contributed by atoms with Crippen LogP contribution in [-0.2, 0) is 20.2 Å². The van der Waals surface area contributed by atoms with E-state index in [4.69, 9.17) is 14.2 Å². The molecular weight excluding hydrogens is 566 g/mol. The van der Waals surface area contributed by atoms with Crippen LogP contribution in [0.1, 0.15) is 65.5 Å². The first kappa shape index (κ1) is 30.7. The third kappa shape index (κ3) is 6.30. The van der Waals surface area contributed by atoms with Crippen molar-refractivity contribution in [2.75, 3.05) is 13.7 Å². The van der Waals surface area contributed by atoms with Gasteiger partial charge in [0.15, 0.2) is 5.69 Å². The van der Waals surface area contributed by atoms with Crippen molar-refractivity contribution >= 4 is 29.0 Å². The SMILES string of the molecule is COc1ccc2nc3c(nc2c1)O[C@H]1CN(C(=O)[C@H](C(C)(C)C)NC(=O)O[C@@H]2CC2CCCCC3(F)F)[C@H](C(=O)O)[C@@H]1C. The number of fused-ring (bicyclic) bond motifs is 5. The average molecular weight is 605 g/mol. The van der Waals surface area contributed by atoms with Crippen molar-refractivity contribution in [1.82, 2.24) is 20.2 Å². The molecular formula is C30H38F2N4O7. The Morgan fingerprint density at radius 2 is 1.88 bits per heavy atom. The number of hydrogen-bond acceptors (Lipinski definition) is 8. The molecule has 3 heterocycles. The number of aliphatic carboxylic acids is 1. The third-order valence-corrected chi connectivity index (χ3v) is 8.59. The van der Waals surface area contributed by atoms with Crippen molar-refractivity contribution in [3.8, 4) is 11.6 Å². The number of nitrogens with one attached hydrogen (secondary N) is 1. The van der Waals surface area contributed by atoms with Gasteiger partial charge >= 0.3 is 12.1 Å². The highest BCUT2D eigenvalue weighted by atomic mass is 19.3. The summed E-state index contributed by atoms with van der Waals surface area (Å²) in [5, 5.41) is 12.8. The first-order chi connectivity index (χ1) is 20.2. The molecule has 43 heavy (non-hydrogen) atoms. The Hall–Kier alpha value is -3.77. The summed E-state index contributed by atoms with van der Waals surface area (Å²) in [5.74, 6) is -6.05. The van der Waals surface area contributed by atoms with Gasteiger partial charge in [-0.05, 0) is 42.7 Å². The number of amides is 2. The van der Waals surface area contributed by atoms with Gasteiger partial charge in [0.25, 0.3) is 5.92 Å². The molecule has 1 aliphatic carbocycles. The molecule has 2 fully saturated rings. The molecule has 5 rings (SSSR count). The number of carbonyl (C=O) groups is 3. The van der Waals surface area contributed by atoms with E-state index < -0.39 is 71.4 Å². The van der Waals surface area contributed by atoms with E-state index in [1.165, 1.54) is 13.2 Å². The number of alkyl halides is 2. The minimum Gasteiger partial charge on any atom is -0.497 e. The summed E-state index contributed by atoms with van der Waals surface area (Å²) in [6, 6.07) is 2.23. The average Bonchev–Trinajstić information content (AvgIpc) is 3.58. The number of alkyl carbamates (subject to hydrolysis) is 1. The summed E-state index contributed by atoms with van der Waals surface area (Å²) in [7, 11) is 1.47. The molecule has 1 aromatic carbocycles. The van der Waals surface area contributed by atoms with E-state index in [1.807, 2.05) is 0 Å². The maximum atomic E-state index is 15.8. The van der Waals surface area contributed by atoms with Crippen molar-refractivity contribution < 1.29 is 42.5 Å². The van der Waals surface area contributed by atoms with Crippen LogP contribution in [0, 0.1) is 17.3 Å². The van der Waals surface area contributed by atoms with Crippen LogP contribution in [0.5, 0.6) is 11.6 Å². The highest BCUT2D eigenvalue weighted by Gasteiger charge is 2.51. The largest absolute Gasteiger partial charge is 0.497 e. The molecule has 11 nitrogen and oxygen atoms in total. The molecule has 6 atom stereocenters. The second-order valence-electron chi connectivity index (χ2n) is 12.9. The van der Waals surface area contributed by atoms with Crippen molar-refractivity contribution in [1.29, 1.82) is 0 Å². The lowest BCUT2D eigenvalue weighted by molar-refractivity contribution is -0.151. The highest BCUT2D eigenvalue weighted by Crippen LogP contribution is 2.42. The molecule has 1 saturated carbocycles. The summed E-state index contributed by atoms with van der Waals surface area (Å²) >= 11 is 0. The van der Waals surface area contributed by atoms with E-state index in [2.05, 4.69) is 15.3 Å². The summed E-state index contributed by atoms with van der Waals surface area (Å²) in [6.45, 7) is 6.60. The van der Waals surface area contributed by atoms with Crippen LogP contribution in [0.3, 0.4) is 0 Å². The number of carbonyl (C=O) groups excluding carboxylic acids is 2. The fourth-order valence-electron chi connectivity index (χ4n) is 5.94. The first-order valence-corrected chi connectivity index (χ1v) is 14.6. The molecule has 0 spiro atoms. The van der Waals surface area contributed by atoms with E-state index in [9.17, 15) is 19.5 Å². The Morgan fingerprint density at radius 3 is 2.56 bits per heavy atom. The van der Waals surface area contributed by atoms with Gasteiger partial charge in [-0.1, -0.05) is 34.1 Å². The Kier molecular flexibility index (Phi) is 8.12. The van der Waals surface area contributed by atoms with Crippen LogP contribution in [0.25, 0.3) is 11.0 Å². The van der Waals surface area contributed by atoms with Crippen molar-refractivity contribution in [3.05, 3.63) is 23.9 Å². The topological polar surface area (TPSA) is 140 Å². The standard InChI is InChI=1S/C30H38F2N4O7/c1-15-21-14-36(22(15)27(38)39)26(37)24(29(2,3)4)35-28(40)43-20-12-16(20)8-6-7-11-30(31,32)23-25(42-21)34-19-13-17(41-5)9-10-18(19)33-23/h9-10,13,15-16,20-22,24H,6-8,11-12,14H2,1-5H3,(H,35,40)(H,38,39)/t15-,16?,20-,21+,22+,24-/m1/s1. The second-order valence-corrected chi connectivity index (χ2v) is 12.9. The number of methoxy groups -OCH3 is 1. The minimum atomic E-state index is -3.40. The van der Waals surface area contributed by atoms with E-state index in [0.29, 0.717) is 25.0 Å². The summed E-state index contributed by atoms with van der Waals surface area (Å²) in [4.78, 5) is 49.0. The number of carboxylic acid groups (broad SMARTS) is 1. The number of aromatic nitrogens is 2. The van der Waals surface area contributed by atoms with Gasteiger partial charge in [0.1, 0.15) is 30.0 Å². The number of rotatable bonds is 2. The van der Waals surface area contributed by atoms with Crippen LogP contribution in [0.15, 0.2) is 18.2 Å². The Balaban J connectivity index is 1.57. The number of ether oxygens (including phenoxy) is 3. The van der Waals surface area contributed by atoms with E-state index >= 15 is 8.78 Å². The fourth-order valence-corrected chi connectivity index (χ4v) is 5.94. The molecule has 1 saturated heterocycles. The molecule has 2 N–H and O–H groups in total. The number of hydrogen-bond donors (Lipinski definition) is 2. The fraction of sp³-hybridized carbons (Fsp3) is 0.633. The predicted molar refractivity (Wildman–Crippen MR) is 150 cm³/mol. The lowest BCUT2D eigenvalue weighted by Crippen LogP contribution is -2.57. The van der Waals surface area contributed by atoms with Crippen molar-refractivity contribution in [3.63, 3.8) is 0 Å². The smallest absolute Gasteiger partial charge is 0.408 e. The molecule has 2 bridgehead atoms. The second kappa shape index (κ2) is 11.4. The van der Waals surface area contributed by atoms with Crippen LogP contribution in [0.4, 0.5) is 13.6 Å². The molecule has 0 radical (unpaired) electrons. The van der Waals surface area contributed by atoms with Crippen molar-refractivity contribution in [2.24, 2.45) is 17.3 Å². The minimum absolute atomic E-state index is 0.0490. The molecule has 1 aromatic heterocycles. The zero-order valence-electron chi connectivity index (χ0n) is 24.9. The Morgan fingerprint density at radius 1 is 1.14 bits per heavy atom. The molecule has 13 heteroatoms. The predicted octanol–water partition coefficient (Wildman–Crippen LogP) is 4.51. The van der Waals surface area contributed by atoms with Crippen LogP contribution < -0.4 is 14.8 Å². The van der Waals surface area contributed by atoms with Crippen LogP contribution in [-0.4, -0.2) is 75.9 Å². The number of nitrogens with zero attached hydrogens (tertiary/aromatic N) is 3. The molecule has 2 amide bonds. The van der Waals surface area contributed by atoms with Gasteiger partial charge < -0.3 is 29.5 Å². The Bertz CT molecular complexity index is 1410. The number of benzene rings is 1. The van der Waals surface area contributed by atoms with Gasteiger partial charge in [-0.15, -0.1) is 0 Å². The van der Waals surface area contributed by atoms with Crippen LogP contribution >= 0.6 is 0 Å². The third-order valence-electron chi connectivity index (χ3n) is 8.59. The lowest BCUT2D eigenvalue weighted by Gasteiger charge is -2.34. The zero-order chi connectivity index (χ0) is 31.3.